The zero-order chi connectivity index (χ0) is 52.8. The zero-order valence-corrected chi connectivity index (χ0v) is 43.6. The average Bonchev–Trinajstić information content (AvgIpc) is 3.91. The smallest absolute Gasteiger partial charge is 0.244 e. The second-order valence-electron chi connectivity index (χ2n) is 22.1. The minimum Gasteiger partial charge on any atom is -0.309 e. The number of fused-ring (bicyclic) bond motifs is 20. The Bertz CT molecular complexity index is 5360. The summed E-state index contributed by atoms with van der Waals surface area (Å²) in [4.78, 5) is 0. The summed E-state index contributed by atoms with van der Waals surface area (Å²) in [5.74, 6) is 0. The predicted molar refractivity (Wildman–Crippen MR) is 339 cm³/mol. The van der Waals surface area contributed by atoms with Crippen LogP contribution in [0.25, 0.3) is 154 Å². The number of hydrogen-bond donors (Lipinski definition) is 0. The number of benzene rings is 13. The highest BCUT2D eigenvalue weighted by Gasteiger charge is 2.43. The standard InChI is InChI=1S/C75H42BN5/c77-43-44-37-55-71-67-57(41-65-69(71)51-31-15-19-35-63(51)78(65)45-21-5-1-6-22-45)74-53(49-29-13-17-33-61(49)80(74)47-25-9-3-10-26-47)39-59(67)76-60-40-54-50-30-14-18-34-62(50)81(48-27-11-4-12-28-48)75(54)58-42-66-70(72(68(58)60)56(38-44)73(55)76)52-32-16-20-36-64(52)79(66)46-23-7-2-8-24-46/h1-42H. The van der Waals surface area contributed by atoms with Gasteiger partial charge >= 0.3 is 0 Å². The van der Waals surface area contributed by atoms with Gasteiger partial charge in [0.2, 0.25) is 6.71 Å². The van der Waals surface area contributed by atoms with E-state index in [0.717, 1.165) is 67.0 Å². The van der Waals surface area contributed by atoms with Crippen molar-refractivity contribution in [1.82, 2.24) is 18.3 Å². The van der Waals surface area contributed by atoms with Gasteiger partial charge in [-0.3, -0.25) is 0 Å². The molecule has 0 amide bonds. The number of aromatic nitrogens is 4. The van der Waals surface area contributed by atoms with E-state index in [0.29, 0.717) is 5.56 Å². The Labute approximate surface area is 464 Å². The molecule has 0 spiro atoms. The van der Waals surface area contributed by atoms with Gasteiger partial charge in [0, 0.05) is 76.6 Å². The van der Waals surface area contributed by atoms with E-state index >= 15 is 0 Å². The number of rotatable bonds is 4. The number of nitrogens with zero attached hydrogens (tertiary/aromatic N) is 5. The molecule has 13 aromatic carbocycles. The van der Waals surface area contributed by atoms with Crippen molar-refractivity contribution in [2.75, 3.05) is 0 Å². The Morgan fingerprint density at radius 3 is 1.00 bits per heavy atom. The van der Waals surface area contributed by atoms with Gasteiger partial charge in [0.1, 0.15) is 0 Å². The Kier molecular flexibility index (Phi) is 8.35. The molecule has 0 N–H and O–H groups in total. The predicted octanol–water partition coefficient (Wildman–Crippen LogP) is 16.7. The Balaban J connectivity index is 1.10. The Morgan fingerprint density at radius 2 is 0.617 bits per heavy atom. The van der Waals surface area contributed by atoms with Crippen LogP contribution >= 0.6 is 0 Å². The van der Waals surface area contributed by atoms with Crippen LogP contribution in [0.15, 0.2) is 255 Å². The van der Waals surface area contributed by atoms with E-state index in [1.165, 1.54) is 103 Å². The molecule has 0 atom stereocenters. The fourth-order valence-electron chi connectivity index (χ4n) is 15.4. The molecule has 17 aromatic rings. The van der Waals surface area contributed by atoms with Gasteiger partial charge in [-0.05, 0) is 130 Å². The van der Waals surface area contributed by atoms with Crippen LogP contribution < -0.4 is 16.4 Å². The van der Waals surface area contributed by atoms with Gasteiger partial charge in [-0.2, -0.15) is 5.26 Å². The third-order valence-electron chi connectivity index (χ3n) is 18.3. The van der Waals surface area contributed by atoms with Crippen molar-refractivity contribution >= 4 is 132 Å². The molecule has 0 unspecified atom stereocenters. The van der Waals surface area contributed by atoms with Crippen LogP contribution in [-0.4, -0.2) is 25.0 Å². The second-order valence-corrected chi connectivity index (χ2v) is 22.1. The molecular formula is C75H42BN5. The van der Waals surface area contributed by atoms with Gasteiger partial charge in [0.25, 0.3) is 0 Å². The lowest BCUT2D eigenvalue weighted by atomic mass is 9.30. The molecule has 6 heterocycles. The number of hydrogen-bond acceptors (Lipinski definition) is 1. The molecule has 370 valence electrons. The maximum atomic E-state index is 11.6. The summed E-state index contributed by atoms with van der Waals surface area (Å²) in [6.07, 6.45) is 0. The summed E-state index contributed by atoms with van der Waals surface area (Å²) >= 11 is 0. The maximum Gasteiger partial charge on any atom is 0.244 e. The molecule has 0 radical (unpaired) electrons. The quantitative estimate of drug-likeness (QED) is 0.162. The molecule has 0 aliphatic carbocycles. The molecule has 4 aromatic heterocycles. The minimum absolute atomic E-state index is 0.209. The first kappa shape index (κ1) is 43.2. The molecule has 81 heavy (non-hydrogen) atoms. The molecule has 2 aliphatic rings. The van der Waals surface area contributed by atoms with Crippen LogP contribution in [0.3, 0.4) is 0 Å². The summed E-state index contributed by atoms with van der Waals surface area (Å²) in [5, 5.41) is 26.0. The van der Waals surface area contributed by atoms with Crippen molar-refractivity contribution in [1.29, 1.82) is 5.26 Å². The van der Waals surface area contributed by atoms with Crippen LogP contribution in [0.1, 0.15) is 5.56 Å². The van der Waals surface area contributed by atoms with E-state index in [1.54, 1.807) is 0 Å². The van der Waals surface area contributed by atoms with Crippen LogP contribution in [0.5, 0.6) is 0 Å². The second kappa shape index (κ2) is 15.7. The molecule has 0 bridgehead atoms. The van der Waals surface area contributed by atoms with Crippen molar-refractivity contribution < 1.29 is 0 Å². The van der Waals surface area contributed by atoms with E-state index in [1.807, 2.05) is 0 Å². The fraction of sp³-hybridized carbons (Fsp3) is 0. The van der Waals surface area contributed by atoms with Gasteiger partial charge < -0.3 is 18.3 Å². The third-order valence-corrected chi connectivity index (χ3v) is 18.3. The Morgan fingerprint density at radius 1 is 0.284 bits per heavy atom. The van der Waals surface area contributed by atoms with E-state index in [9.17, 15) is 5.26 Å². The molecule has 0 saturated carbocycles. The molecule has 5 nitrogen and oxygen atoms in total. The topological polar surface area (TPSA) is 43.5 Å². The summed E-state index contributed by atoms with van der Waals surface area (Å²) < 4.78 is 9.94. The highest BCUT2D eigenvalue weighted by molar-refractivity contribution is 7.02. The van der Waals surface area contributed by atoms with Crippen LogP contribution in [-0.2, 0) is 0 Å². The van der Waals surface area contributed by atoms with E-state index < -0.39 is 0 Å². The minimum atomic E-state index is -0.209. The average molecular weight is 1020 g/mol. The van der Waals surface area contributed by atoms with Gasteiger partial charge in [-0.25, -0.2) is 0 Å². The van der Waals surface area contributed by atoms with Crippen molar-refractivity contribution in [2.24, 2.45) is 0 Å². The molecule has 6 heteroatoms. The van der Waals surface area contributed by atoms with Crippen LogP contribution in [0.4, 0.5) is 0 Å². The normalized spacial score (nSPS) is 12.7. The van der Waals surface area contributed by atoms with Crippen LogP contribution in [0.2, 0.25) is 0 Å². The molecule has 0 fully saturated rings. The summed E-state index contributed by atoms with van der Waals surface area (Å²) in [5.41, 5.74) is 22.7. The fourth-order valence-corrected chi connectivity index (χ4v) is 15.4. The first-order valence-corrected chi connectivity index (χ1v) is 27.9. The van der Waals surface area contributed by atoms with Gasteiger partial charge in [0.05, 0.1) is 55.8 Å². The lowest BCUT2D eigenvalue weighted by Gasteiger charge is -2.35. The van der Waals surface area contributed by atoms with Gasteiger partial charge in [0.15, 0.2) is 0 Å². The molecule has 2 aliphatic heterocycles. The Hall–Kier alpha value is -10.9. The largest absolute Gasteiger partial charge is 0.309 e. The SMILES string of the molecule is N#Cc1cc2c3c(c1)-c1c4c(cc5c6ccccc6n(-c6ccccc6)c5c4cc4c1c1ccccc1n4-c1ccccc1)B3c1cc3c4ccccc4n(-c4ccccc4)c3c3cc4c(c-2c13)c1ccccc1n4-c1ccccc1. The first-order valence-electron chi connectivity index (χ1n) is 27.9. The van der Waals surface area contributed by atoms with Crippen LogP contribution in [0, 0.1) is 11.3 Å². The van der Waals surface area contributed by atoms with Crippen molar-refractivity contribution in [3.8, 4) is 51.1 Å². The van der Waals surface area contributed by atoms with Gasteiger partial charge in [-0.1, -0.05) is 174 Å². The summed E-state index contributed by atoms with van der Waals surface area (Å²) in [7, 11) is 0. The number of nitriles is 1. The zero-order valence-electron chi connectivity index (χ0n) is 43.6. The molecule has 19 rings (SSSR count). The van der Waals surface area contributed by atoms with E-state index in [-0.39, 0.29) is 6.71 Å². The molecule has 0 saturated heterocycles. The summed E-state index contributed by atoms with van der Waals surface area (Å²) in [6, 6.07) is 96.7. The maximum absolute atomic E-state index is 11.6. The van der Waals surface area contributed by atoms with Crippen molar-refractivity contribution in [3.05, 3.63) is 260 Å². The van der Waals surface area contributed by atoms with Crippen molar-refractivity contribution in [3.63, 3.8) is 0 Å². The van der Waals surface area contributed by atoms with Crippen molar-refractivity contribution in [2.45, 2.75) is 0 Å². The highest BCUT2D eigenvalue weighted by Crippen LogP contribution is 2.52. The van der Waals surface area contributed by atoms with E-state index in [2.05, 4.69) is 279 Å². The number of para-hydroxylation sites is 8. The first-order chi connectivity index (χ1) is 40.2. The lowest BCUT2D eigenvalue weighted by molar-refractivity contribution is 1.18. The van der Waals surface area contributed by atoms with Gasteiger partial charge in [-0.15, -0.1) is 0 Å². The van der Waals surface area contributed by atoms with E-state index in [4.69, 9.17) is 0 Å². The summed E-state index contributed by atoms with van der Waals surface area (Å²) in [6.45, 7) is -0.209. The highest BCUT2D eigenvalue weighted by atomic mass is 15.0. The monoisotopic (exact) mass is 1020 g/mol. The third kappa shape index (κ3) is 5.45. The lowest BCUT2D eigenvalue weighted by Crippen LogP contribution is -2.57. The molecular weight excluding hydrogens is 982 g/mol.